The van der Waals surface area contributed by atoms with E-state index in [4.69, 9.17) is 5.73 Å². The fourth-order valence-corrected chi connectivity index (χ4v) is 3.07. The molecule has 3 N–H and O–H groups in total. The predicted octanol–water partition coefficient (Wildman–Crippen LogP) is 2.49. The molecule has 1 aromatic rings. The van der Waals surface area contributed by atoms with Crippen molar-refractivity contribution in [3.63, 3.8) is 0 Å². The van der Waals surface area contributed by atoms with Gasteiger partial charge in [-0.15, -0.1) is 0 Å². The van der Waals surface area contributed by atoms with E-state index in [9.17, 15) is 4.79 Å². The van der Waals surface area contributed by atoms with Gasteiger partial charge in [0.15, 0.2) is 0 Å². The van der Waals surface area contributed by atoms with Crippen LogP contribution in [-0.2, 0) is 6.54 Å². The van der Waals surface area contributed by atoms with Gasteiger partial charge in [-0.25, -0.2) is 4.68 Å². The summed E-state index contributed by atoms with van der Waals surface area (Å²) < 4.78 is 2.04. The van der Waals surface area contributed by atoms with E-state index in [-0.39, 0.29) is 17.6 Å². The summed E-state index contributed by atoms with van der Waals surface area (Å²) in [6.07, 6.45) is 8.31. The van der Waals surface area contributed by atoms with Gasteiger partial charge in [0, 0.05) is 18.6 Å². The van der Waals surface area contributed by atoms with E-state index >= 15 is 0 Å². The second-order valence-corrected chi connectivity index (χ2v) is 6.25. The molecule has 1 aliphatic rings. The Morgan fingerprint density at radius 3 is 2.95 bits per heavy atom. The lowest BCUT2D eigenvalue weighted by atomic mass is 10.0. The third-order valence-electron chi connectivity index (χ3n) is 3.83. The molecule has 0 radical (unpaired) electrons. The fraction of sp³-hybridized carbons (Fsp3) is 0.714. The molecule has 1 heterocycles. The van der Waals surface area contributed by atoms with Crippen LogP contribution in [0.3, 0.4) is 0 Å². The number of aromatic nitrogens is 2. The van der Waals surface area contributed by atoms with Crippen LogP contribution >= 0.6 is 15.9 Å². The lowest BCUT2D eigenvalue weighted by molar-refractivity contribution is 0.525. The Bertz CT molecular complexity index is 502. The number of nitrogens with zero attached hydrogens (tertiary/aromatic N) is 2. The summed E-state index contributed by atoms with van der Waals surface area (Å²) in [7, 11) is 0. The van der Waals surface area contributed by atoms with Crippen LogP contribution in [0.15, 0.2) is 15.5 Å². The lowest BCUT2D eigenvalue weighted by Gasteiger charge is -2.24. The Balaban J connectivity index is 2.16. The molecule has 2 atom stereocenters. The molecule has 5 nitrogen and oxygen atoms in total. The lowest BCUT2D eigenvalue weighted by Crippen LogP contribution is -2.40. The minimum atomic E-state index is -0.0842. The van der Waals surface area contributed by atoms with E-state index in [0.29, 0.717) is 11.0 Å². The molecule has 112 valence electrons. The van der Waals surface area contributed by atoms with Gasteiger partial charge in [0.05, 0.1) is 11.9 Å². The summed E-state index contributed by atoms with van der Waals surface area (Å²) in [6, 6.07) is 0.361. The number of rotatable bonds is 4. The molecule has 1 fully saturated rings. The Hall–Kier alpha value is -0.880. The molecule has 1 saturated carbocycles. The molecule has 0 saturated heterocycles. The highest BCUT2D eigenvalue weighted by Crippen LogP contribution is 2.23. The molecule has 6 heteroatoms. The highest BCUT2D eigenvalue weighted by atomic mass is 79.9. The molecular weight excluding hydrogens is 320 g/mol. The summed E-state index contributed by atoms with van der Waals surface area (Å²) in [6.45, 7) is 2.67. The number of hydrogen-bond acceptors (Lipinski definition) is 4. The molecular formula is C14H23BrN4O. The number of hydrogen-bond donors (Lipinski definition) is 2. The molecule has 0 amide bonds. The van der Waals surface area contributed by atoms with Crippen LogP contribution in [0.5, 0.6) is 0 Å². The summed E-state index contributed by atoms with van der Waals surface area (Å²) in [5.41, 5.74) is 6.88. The maximum Gasteiger partial charge on any atom is 0.283 e. The monoisotopic (exact) mass is 342 g/mol. The summed E-state index contributed by atoms with van der Waals surface area (Å²) in [4.78, 5) is 12.2. The van der Waals surface area contributed by atoms with E-state index in [0.717, 1.165) is 24.9 Å². The molecule has 2 unspecified atom stereocenters. The van der Waals surface area contributed by atoms with Gasteiger partial charge in [-0.05, 0) is 35.2 Å². The predicted molar refractivity (Wildman–Crippen MR) is 85.0 cm³/mol. The highest BCUT2D eigenvalue weighted by molar-refractivity contribution is 9.10. The number of nitrogens with one attached hydrogen (secondary N) is 1. The average molecular weight is 343 g/mol. The molecule has 0 bridgehead atoms. The van der Waals surface area contributed by atoms with E-state index in [1.807, 2.05) is 6.92 Å². The van der Waals surface area contributed by atoms with Crippen molar-refractivity contribution in [2.45, 2.75) is 64.1 Å². The third-order valence-corrected chi connectivity index (χ3v) is 4.60. The number of aryl methyl sites for hydroxylation is 1. The van der Waals surface area contributed by atoms with E-state index < -0.39 is 0 Å². The van der Waals surface area contributed by atoms with Crippen LogP contribution in [0, 0.1) is 0 Å². The minimum Gasteiger partial charge on any atom is -0.378 e. The van der Waals surface area contributed by atoms with Gasteiger partial charge >= 0.3 is 0 Å². The highest BCUT2D eigenvalue weighted by Gasteiger charge is 2.21. The van der Waals surface area contributed by atoms with Crippen LogP contribution in [0.4, 0.5) is 5.69 Å². The third kappa shape index (κ3) is 3.61. The van der Waals surface area contributed by atoms with Crippen LogP contribution < -0.4 is 16.6 Å². The maximum atomic E-state index is 12.2. The van der Waals surface area contributed by atoms with Crippen molar-refractivity contribution < 1.29 is 0 Å². The van der Waals surface area contributed by atoms with Crippen LogP contribution in [-0.4, -0.2) is 21.9 Å². The number of nitrogens with two attached hydrogens (primary N) is 1. The summed E-state index contributed by atoms with van der Waals surface area (Å²) in [5, 5.41) is 7.61. The van der Waals surface area contributed by atoms with E-state index in [1.54, 1.807) is 6.20 Å². The second kappa shape index (κ2) is 7.22. The minimum absolute atomic E-state index is 0.0842. The zero-order valence-electron chi connectivity index (χ0n) is 11.9. The topological polar surface area (TPSA) is 72.9 Å². The van der Waals surface area contributed by atoms with Crippen molar-refractivity contribution in [2.75, 3.05) is 5.32 Å². The van der Waals surface area contributed by atoms with Crippen molar-refractivity contribution in [2.24, 2.45) is 5.73 Å². The largest absolute Gasteiger partial charge is 0.378 e. The quantitative estimate of drug-likeness (QED) is 0.824. The van der Waals surface area contributed by atoms with Crippen LogP contribution in [0.25, 0.3) is 0 Å². The Morgan fingerprint density at radius 2 is 2.20 bits per heavy atom. The normalized spacial score (nSPS) is 23.4. The van der Waals surface area contributed by atoms with E-state index in [1.165, 1.54) is 23.9 Å². The SMILES string of the molecule is CCCn1ncc(NC2CCCCCC2N)c(Br)c1=O. The van der Waals surface area contributed by atoms with Crippen molar-refractivity contribution in [3.05, 3.63) is 21.0 Å². The zero-order valence-corrected chi connectivity index (χ0v) is 13.5. The van der Waals surface area contributed by atoms with Gasteiger partial charge in [0.25, 0.3) is 5.56 Å². The molecule has 0 aliphatic heterocycles. The average Bonchev–Trinajstić information content (AvgIpc) is 2.64. The second-order valence-electron chi connectivity index (χ2n) is 5.45. The Kier molecular flexibility index (Phi) is 5.60. The number of anilines is 1. The fourth-order valence-electron chi connectivity index (χ4n) is 2.65. The van der Waals surface area contributed by atoms with Gasteiger partial charge in [-0.2, -0.15) is 5.10 Å². The molecule has 1 aliphatic carbocycles. The van der Waals surface area contributed by atoms with Gasteiger partial charge in [0.2, 0.25) is 0 Å². The van der Waals surface area contributed by atoms with Gasteiger partial charge in [-0.1, -0.05) is 26.2 Å². The molecule has 0 aromatic carbocycles. The van der Waals surface area contributed by atoms with Crippen LogP contribution in [0.1, 0.15) is 45.4 Å². The summed E-state index contributed by atoms with van der Waals surface area (Å²) >= 11 is 3.39. The van der Waals surface area contributed by atoms with Crippen molar-refractivity contribution in [3.8, 4) is 0 Å². The first-order valence-corrected chi connectivity index (χ1v) is 8.20. The molecule has 2 rings (SSSR count). The Labute approximate surface area is 128 Å². The van der Waals surface area contributed by atoms with Crippen molar-refractivity contribution >= 4 is 21.6 Å². The van der Waals surface area contributed by atoms with E-state index in [2.05, 4.69) is 26.3 Å². The van der Waals surface area contributed by atoms with Crippen molar-refractivity contribution in [1.82, 2.24) is 9.78 Å². The first-order chi connectivity index (χ1) is 9.63. The zero-order chi connectivity index (χ0) is 14.5. The van der Waals surface area contributed by atoms with Gasteiger partial charge in [-0.3, -0.25) is 4.79 Å². The smallest absolute Gasteiger partial charge is 0.283 e. The number of halogens is 1. The Morgan fingerprint density at radius 1 is 1.45 bits per heavy atom. The first-order valence-electron chi connectivity index (χ1n) is 7.41. The standard InChI is InChI=1S/C14H23BrN4O/c1-2-8-19-14(20)13(15)12(9-17-19)18-11-7-5-3-4-6-10(11)16/h9-11,18H,2-8,16H2,1H3. The molecule has 0 spiro atoms. The molecule has 1 aromatic heterocycles. The van der Waals surface area contributed by atoms with Crippen LogP contribution in [0.2, 0.25) is 0 Å². The maximum absolute atomic E-state index is 12.2. The van der Waals surface area contributed by atoms with Gasteiger partial charge < -0.3 is 11.1 Å². The summed E-state index contributed by atoms with van der Waals surface area (Å²) in [5.74, 6) is 0. The van der Waals surface area contributed by atoms with Gasteiger partial charge in [0.1, 0.15) is 4.47 Å². The molecule has 20 heavy (non-hydrogen) atoms. The van der Waals surface area contributed by atoms with Crippen molar-refractivity contribution in [1.29, 1.82) is 0 Å². The first kappa shape index (κ1) is 15.5.